The molecule has 7 heteroatoms. The molecule has 1 heterocycles. The summed E-state index contributed by atoms with van der Waals surface area (Å²) in [6.45, 7) is 2.79. The summed E-state index contributed by atoms with van der Waals surface area (Å²) in [5.41, 5.74) is 2.15. The number of carboxylic acids is 1. The zero-order valence-electron chi connectivity index (χ0n) is 16.8. The Hall–Kier alpha value is -3.02. The van der Waals surface area contributed by atoms with E-state index in [1.807, 2.05) is 37.3 Å². The van der Waals surface area contributed by atoms with Gasteiger partial charge in [0, 0.05) is 12.1 Å². The molecule has 5 nitrogen and oxygen atoms in total. The van der Waals surface area contributed by atoms with E-state index in [0.717, 1.165) is 16.9 Å². The molecule has 0 aliphatic carbocycles. The third-order valence-electron chi connectivity index (χ3n) is 4.70. The monoisotopic (exact) mass is 457 g/mol. The van der Waals surface area contributed by atoms with Crippen molar-refractivity contribution in [2.45, 2.75) is 19.9 Å². The molecule has 1 aromatic heterocycles. The molecule has 3 aromatic rings. The van der Waals surface area contributed by atoms with Gasteiger partial charge in [0.05, 0.1) is 22.9 Å². The number of hydrogen-bond donors (Lipinski definition) is 1. The minimum Gasteiger partial charge on any atom is -0.493 e. The van der Waals surface area contributed by atoms with Gasteiger partial charge in [0.2, 0.25) is 0 Å². The predicted octanol–water partition coefficient (Wildman–Crippen LogP) is 5.67. The number of para-hydroxylation sites is 1. The van der Waals surface area contributed by atoms with Gasteiger partial charge >= 0.3 is 5.97 Å². The lowest BCUT2D eigenvalue weighted by atomic mass is 10.1. The number of hydrogen-bond acceptors (Lipinski definition) is 3. The molecular formula is C24H21Cl2NO4. The van der Waals surface area contributed by atoms with Gasteiger partial charge in [0.1, 0.15) is 10.8 Å². The summed E-state index contributed by atoms with van der Waals surface area (Å²) in [4.78, 5) is 23.7. The number of nitrogens with zero attached hydrogens (tertiary/aromatic N) is 1. The number of aromatic nitrogens is 1. The van der Waals surface area contributed by atoms with Crippen molar-refractivity contribution in [2.75, 3.05) is 6.61 Å². The van der Waals surface area contributed by atoms with E-state index < -0.39 is 5.97 Å². The lowest BCUT2D eigenvalue weighted by Gasteiger charge is -2.13. The minimum atomic E-state index is -0.982. The maximum Gasteiger partial charge on any atom is 0.335 e. The predicted molar refractivity (Wildman–Crippen MR) is 124 cm³/mol. The summed E-state index contributed by atoms with van der Waals surface area (Å²) in [7, 11) is 0. The molecule has 0 spiro atoms. The van der Waals surface area contributed by atoms with Gasteiger partial charge in [-0.05, 0) is 55.3 Å². The Labute approximate surface area is 190 Å². The van der Waals surface area contributed by atoms with E-state index >= 15 is 0 Å². The number of benzene rings is 2. The van der Waals surface area contributed by atoms with Gasteiger partial charge in [0.25, 0.3) is 5.56 Å². The van der Waals surface area contributed by atoms with Crippen LogP contribution in [-0.4, -0.2) is 22.2 Å². The van der Waals surface area contributed by atoms with Crippen LogP contribution < -0.4 is 10.3 Å². The molecule has 2 aromatic carbocycles. The molecule has 0 unspecified atom stereocenters. The van der Waals surface area contributed by atoms with Crippen molar-refractivity contribution in [3.05, 3.63) is 97.4 Å². The van der Waals surface area contributed by atoms with E-state index in [-0.39, 0.29) is 16.1 Å². The highest BCUT2D eigenvalue weighted by molar-refractivity contribution is 6.35. The van der Waals surface area contributed by atoms with Gasteiger partial charge in [-0.3, -0.25) is 4.79 Å². The summed E-state index contributed by atoms with van der Waals surface area (Å²) >= 11 is 12.5. The molecule has 0 aliphatic heterocycles. The highest BCUT2D eigenvalue weighted by Gasteiger charge is 2.12. The van der Waals surface area contributed by atoms with E-state index in [1.165, 1.54) is 22.8 Å². The third-order valence-corrected chi connectivity index (χ3v) is 5.28. The Kier molecular flexibility index (Phi) is 7.55. The summed E-state index contributed by atoms with van der Waals surface area (Å²) < 4.78 is 7.17. The average molecular weight is 458 g/mol. The van der Waals surface area contributed by atoms with Crippen LogP contribution >= 0.6 is 23.2 Å². The first-order chi connectivity index (χ1) is 14.9. The van der Waals surface area contributed by atoms with Crippen LogP contribution in [0.25, 0.3) is 12.2 Å². The second kappa shape index (κ2) is 10.3. The van der Waals surface area contributed by atoms with E-state index in [1.54, 1.807) is 18.2 Å². The molecule has 0 aliphatic rings. The molecule has 3 rings (SSSR count). The maximum absolute atomic E-state index is 12.7. The number of pyridine rings is 1. The zero-order valence-corrected chi connectivity index (χ0v) is 18.4. The smallest absolute Gasteiger partial charge is 0.335 e. The Morgan fingerprint density at radius 2 is 1.77 bits per heavy atom. The highest BCUT2D eigenvalue weighted by Crippen LogP contribution is 2.24. The molecular weight excluding hydrogens is 437 g/mol. The topological polar surface area (TPSA) is 68.5 Å². The normalized spacial score (nSPS) is 11.1. The molecule has 0 radical (unpaired) electrons. The van der Waals surface area contributed by atoms with Gasteiger partial charge in [-0.15, -0.1) is 0 Å². The standard InChI is InChI=1S/C24H21Cl2NO4/c1-2-31-22-6-4-3-5-17(22)11-12-21-19(25)15-20(26)23(28)27(21)14-13-16-7-9-18(10-8-16)24(29)30/h3-12,15H,2,13-14H2,1H3,(H,29,30). The Balaban J connectivity index is 1.92. The van der Waals surface area contributed by atoms with Crippen LogP contribution in [0.15, 0.2) is 59.4 Å². The van der Waals surface area contributed by atoms with Crippen molar-refractivity contribution < 1.29 is 14.6 Å². The summed E-state index contributed by atoms with van der Waals surface area (Å²) in [5.74, 6) is -0.247. The molecule has 31 heavy (non-hydrogen) atoms. The fourth-order valence-electron chi connectivity index (χ4n) is 3.13. The second-order valence-corrected chi connectivity index (χ2v) is 7.55. The Morgan fingerprint density at radius 1 is 1.06 bits per heavy atom. The van der Waals surface area contributed by atoms with Crippen molar-refractivity contribution in [2.24, 2.45) is 0 Å². The van der Waals surface area contributed by atoms with E-state index in [9.17, 15) is 9.59 Å². The van der Waals surface area contributed by atoms with Crippen LogP contribution in [0.4, 0.5) is 0 Å². The maximum atomic E-state index is 12.7. The number of rotatable bonds is 8. The van der Waals surface area contributed by atoms with Crippen LogP contribution in [0.2, 0.25) is 10.0 Å². The van der Waals surface area contributed by atoms with Crippen molar-refractivity contribution in [3.8, 4) is 5.75 Å². The zero-order chi connectivity index (χ0) is 22.4. The summed E-state index contributed by atoms with van der Waals surface area (Å²) in [6.07, 6.45) is 4.12. The molecule has 0 saturated carbocycles. The largest absolute Gasteiger partial charge is 0.493 e. The number of carboxylic acid groups (broad SMARTS) is 1. The number of aromatic carboxylic acids is 1. The van der Waals surface area contributed by atoms with E-state index in [2.05, 4.69) is 0 Å². The SMILES string of the molecule is CCOc1ccccc1C=Cc1c(Cl)cc(Cl)c(=O)n1CCc1ccc(C(=O)O)cc1. The highest BCUT2D eigenvalue weighted by atomic mass is 35.5. The van der Waals surface area contributed by atoms with Crippen molar-refractivity contribution in [1.82, 2.24) is 4.57 Å². The lowest BCUT2D eigenvalue weighted by Crippen LogP contribution is -2.24. The molecule has 160 valence electrons. The minimum absolute atomic E-state index is 0.0399. The molecule has 1 N–H and O–H groups in total. The quantitative estimate of drug-likeness (QED) is 0.473. The molecule has 0 fully saturated rings. The van der Waals surface area contributed by atoms with Crippen LogP contribution in [0.3, 0.4) is 0 Å². The van der Waals surface area contributed by atoms with E-state index in [0.29, 0.717) is 30.3 Å². The average Bonchev–Trinajstić information content (AvgIpc) is 2.76. The Bertz CT molecular complexity index is 1170. The third kappa shape index (κ3) is 5.57. The first-order valence-electron chi connectivity index (χ1n) is 9.71. The molecule has 0 amide bonds. The molecule has 0 atom stereocenters. The van der Waals surface area contributed by atoms with E-state index in [4.69, 9.17) is 33.0 Å². The first-order valence-corrected chi connectivity index (χ1v) is 10.5. The molecule has 0 saturated heterocycles. The van der Waals surface area contributed by atoms with Crippen LogP contribution in [0.5, 0.6) is 5.75 Å². The van der Waals surface area contributed by atoms with Crippen molar-refractivity contribution in [1.29, 1.82) is 0 Å². The lowest BCUT2D eigenvalue weighted by molar-refractivity contribution is 0.0697. The van der Waals surface area contributed by atoms with Crippen molar-refractivity contribution in [3.63, 3.8) is 0 Å². The van der Waals surface area contributed by atoms with Gasteiger partial charge in [0.15, 0.2) is 0 Å². The first kappa shape index (κ1) is 22.7. The van der Waals surface area contributed by atoms with Gasteiger partial charge in [-0.25, -0.2) is 4.79 Å². The van der Waals surface area contributed by atoms with Crippen molar-refractivity contribution >= 4 is 41.3 Å². The fourth-order valence-corrected chi connectivity index (χ4v) is 3.68. The Morgan fingerprint density at radius 3 is 2.45 bits per heavy atom. The second-order valence-electron chi connectivity index (χ2n) is 6.74. The van der Waals surface area contributed by atoms with Crippen LogP contribution in [0.1, 0.15) is 34.1 Å². The van der Waals surface area contributed by atoms with Crippen LogP contribution in [0, 0.1) is 0 Å². The summed E-state index contributed by atoms with van der Waals surface area (Å²) in [5, 5.41) is 9.43. The number of halogens is 2. The number of ether oxygens (including phenoxy) is 1. The van der Waals surface area contributed by atoms with Gasteiger partial charge in [-0.1, -0.05) is 53.5 Å². The molecule has 0 bridgehead atoms. The fraction of sp³-hybridized carbons (Fsp3) is 0.167. The number of aryl methyl sites for hydroxylation is 1. The number of carbonyl (C=O) groups is 1. The van der Waals surface area contributed by atoms with Crippen LogP contribution in [-0.2, 0) is 13.0 Å². The van der Waals surface area contributed by atoms with Gasteiger partial charge < -0.3 is 14.4 Å². The van der Waals surface area contributed by atoms with Gasteiger partial charge in [-0.2, -0.15) is 0 Å². The summed E-state index contributed by atoms with van der Waals surface area (Å²) in [6, 6.07) is 15.6.